The number of amides is 1. The molecule has 3 rings (SSSR count). The molecule has 0 spiro atoms. The Labute approximate surface area is 168 Å². The van der Waals surface area contributed by atoms with Gasteiger partial charge in [0.15, 0.2) is 0 Å². The van der Waals surface area contributed by atoms with E-state index in [9.17, 15) is 13.2 Å². The maximum atomic E-state index is 13.0. The number of hydrogen-bond donors (Lipinski definition) is 1. The second-order valence-corrected chi connectivity index (χ2v) is 9.23. The highest BCUT2D eigenvalue weighted by atomic mass is 35.5. The molecule has 1 saturated heterocycles. The van der Waals surface area contributed by atoms with E-state index in [0.29, 0.717) is 18.7 Å². The zero-order chi connectivity index (χ0) is 18.6. The molecule has 0 atom stereocenters. The first-order valence-corrected chi connectivity index (χ1v) is 11.0. The minimum Gasteiger partial charge on any atom is -0.337 e. The summed E-state index contributed by atoms with van der Waals surface area (Å²) in [5.41, 5.74) is 0.449. The lowest BCUT2D eigenvalue weighted by molar-refractivity contribution is 0.0766. The summed E-state index contributed by atoms with van der Waals surface area (Å²) in [7, 11) is -1.92. The summed E-state index contributed by atoms with van der Waals surface area (Å²) in [5, 5.41) is 3.27. The van der Waals surface area contributed by atoms with Gasteiger partial charge in [0.25, 0.3) is 5.91 Å². The van der Waals surface area contributed by atoms with E-state index in [4.69, 9.17) is 0 Å². The number of nitrogens with zero attached hydrogens (tertiary/aromatic N) is 2. The number of hydrogen-bond acceptors (Lipinski definition) is 4. The highest BCUT2D eigenvalue weighted by molar-refractivity contribution is 7.89. The summed E-state index contributed by atoms with van der Waals surface area (Å²) in [6.07, 6.45) is 6.07. The molecule has 0 aromatic heterocycles. The molecule has 27 heavy (non-hydrogen) atoms. The SMILES string of the molecule is CN(C1CCCCC1)S(=O)(=O)c1cccc(C(=O)N2CCCNCC2)c1.Cl. The van der Waals surface area contributed by atoms with Crippen LogP contribution in [0, 0.1) is 0 Å². The molecule has 2 fully saturated rings. The van der Waals surface area contributed by atoms with Crippen molar-refractivity contribution in [2.24, 2.45) is 0 Å². The highest BCUT2D eigenvalue weighted by Gasteiger charge is 2.29. The molecule has 0 radical (unpaired) electrons. The first-order valence-electron chi connectivity index (χ1n) is 9.58. The van der Waals surface area contributed by atoms with Gasteiger partial charge >= 0.3 is 0 Å². The van der Waals surface area contributed by atoms with Gasteiger partial charge < -0.3 is 10.2 Å². The molecule has 1 saturated carbocycles. The Morgan fingerprint density at radius 2 is 1.85 bits per heavy atom. The zero-order valence-electron chi connectivity index (χ0n) is 15.9. The molecule has 1 heterocycles. The van der Waals surface area contributed by atoms with Gasteiger partial charge in [-0.2, -0.15) is 4.31 Å². The van der Waals surface area contributed by atoms with Crippen LogP contribution < -0.4 is 5.32 Å². The first-order chi connectivity index (χ1) is 12.5. The Hall–Kier alpha value is -1.15. The second kappa shape index (κ2) is 9.87. The van der Waals surface area contributed by atoms with Crippen LogP contribution >= 0.6 is 12.4 Å². The zero-order valence-corrected chi connectivity index (χ0v) is 17.5. The predicted octanol–water partition coefficient (Wildman–Crippen LogP) is 2.50. The Morgan fingerprint density at radius 1 is 1.11 bits per heavy atom. The van der Waals surface area contributed by atoms with Crippen molar-refractivity contribution in [2.75, 3.05) is 33.2 Å². The molecule has 1 N–H and O–H groups in total. The van der Waals surface area contributed by atoms with Gasteiger partial charge in [0.2, 0.25) is 10.0 Å². The van der Waals surface area contributed by atoms with Crippen molar-refractivity contribution >= 4 is 28.3 Å². The normalized spacial score (nSPS) is 19.4. The average molecular weight is 416 g/mol. The van der Waals surface area contributed by atoms with Crippen LogP contribution in [0.3, 0.4) is 0 Å². The van der Waals surface area contributed by atoms with Crippen LogP contribution in [-0.4, -0.2) is 62.8 Å². The van der Waals surface area contributed by atoms with Crippen molar-refractivity contribution in [1.29, 1.82) is 0 Å². The number of carbonyl (C=O) groups excluding carboxylic acids is 1. The lowest BCUT2D eigenvalue weighted by Gasteiger charge is -2.30. The summed E-state index contributed by atoms with van der Waals surface area (Å²) < 4.78 is 27.6. The molecule has 1 amide bonds. The summed E-state index contributed by atoms with van der Waals surface area (Å²) in [6, 6.07) is 6.57. The molecule has 0 bridgehead atoms. The van der Waals surface area contributed by atoms with Crippen LogP contribution in [-0.2, 0) is 10.0 Å². The van der Waals surface area contributed by atoms with Crippen LogP contribution in [0.15, 0.2) is 29.2 Å². The van der Waals surface area contributed by atoms with Gasteiger partial charge in [0.05, 0.1) is 4.90 Å². The molecular formula is C19H30ClN3O3S. The summed E-state index contributed by atoms with van der Waals surface area (Å²) in [4.78, 5) is 14.8. The van der Waals surface area contributed by atoms with Crippen molar-refractivity contribution in [1.82, 2.24) is 14.5 Å². The highest BCUT2D eigenvalue weighted by Crippen LogP contribution is 2.27. The fraction of sp³-hybridized carbons (Fsp3) is 0.632. The summed E-state index contributed by atoms with van der Waals surface area (Å²) in [6.45, 7) is 3.03. The lowest BCUT2D eigenvalue weighted by Crippen LogP contribution is -2.38. The van der Waals surface area contributed by atoms with Gasteiger partial charge in [-0.05, 0) is 44.0 Å². The third-order valence-electron chi connectivity index (χ3n) is 5.47. The molecule has 6 nitrogen and oxygen atoms in total. The Morgan fingerprint density at radius 3 is 2.59 bits per heavy atom. The first kappa shape index (κ1) is 22.1. The minimum atomic E-state index is -3.58. The minimum absolute atomic E-state index is 0. The number of sulfonamides is 1. The predicted molar refractivity (Wildman–Crippen MR) is 109 cm³/mol. The van der Waals surface area contributed by atoms with E-state index in [1.165, 1.54) is 16.8 Å². The van der Waals surface area contributed by atoms with E-state index in [1.807, 2.05) is 0 Å². The van der Waals surface area contributed by atoms with Crippen LogP contribution in [0.2, 0.25) is 0 Å². The van der Waals surface area contributed by atoms with Crippen molar-refractivity contribution < 1.29 is 13.2 Å². The maximum Gasteiger partial charge on any atom is 0.253 e. The van der Waals surface area contributed by atoms with E-state index >= 15 is 0 Å². The third-order valence-corrected chi connectivity index (χ3v) is 7.38. The van der Waals surface area contributed by atoms with Crippen molar-refractivity contribution in [2.45, 2.75) is 49.5 Å². The van der Waals surface area contributed by atoms with E-state index in [1.54, 1.807) is 30.1 Å². The Balaban J connectivity index is 0.00000261. The Kier molecular flexibility index (Phi) is 8.09. The van der Waals surface area contributed by atoms with Gasteiger partial charge in [-0.25, -0.2) is 8.42 Å². The molecule has 152 valence electrons. The monoisotopic (exact) mass is 415 g/mol. The quantitative estimate of drug-likeness (QED) is 0.820. The fourth-order valence-electron chi connectivity index (χ4n) is 3.83. The van der Waals surface area contributed by atoms with Gasteiger partial charge in [-0.15, -0.1) is 12.4 Å². The average Bonchev–Trinajstić information content (AvgIpc) is 2.97. The molecular weight excluding hydrogens is 386 g/mol. The van der Waals surface area contributed by atoms with Crippen LogP contribution in [0.25, 0.3) is 0 Å². The molecule has 2 aliphatic rings. The fourth-order valence-corrected chi connectivity index (χ4v) is 5.29. The molecule has 0 unspecified atom stereocenters. The molecule has 1 aromatic rings. The summed E-state index contributed by atoms with van der Waals surface area (Å²) >= 11 is 0. The second-order valence-electron chi connectivity index (χ2n) is 7.24. The molecule has 1 aliphatic carbocycles. The van der Waals surface area contributed by atoms with Gasteiger partial charge in [0, 0.05) is 38.3 Å². The van der Waals surface area contributed by atoms with E-state index in [-0.39, 0.29) is 29.3 Å². The van der Waals surface area contributed by atoms with Gasteiger partial charge in [-0.1, -0.05) is 25.3 Å². The number of benzene rings is 1. The topological polar surface area (TPSA) is 69.7 Å². The van der Waals surface area contributed by atoms with E-state index in [0.717, 1.165) is 45.2 Å². The van der Waals surface area contributed by atoms with Gasteiger partial charge in [0.1, 0.15) is 0 Å². The molecule has 8 heteroatoms. The van der Waals surface area contributed by atoms with Crippen molar-refractivity contribution in [3.05, 3.63) is 29.8 Å². The van der Waals surface area contributed by atoms with E-state index in [2.05, 4.69) is 5.32 Å². The Bertz CT molecular complexity index is 727. The number of halogens is 1. The maximum absolute atomic E-state index is 13.0. The van der Waals surface area contributed by atoms with Gasteiger partial charge in [-0.3, -0.25) is 4.79 Å². The smallest absolute Gasteiger partial charge is 0.253 e. The summed E-state index contributed by atoms with van der Waals surface area (Å²) in [5.74, 6) is -0.0916. The van der Waals surface area contributed by atoms with Crippen LogP contribution in [0.5, 0.6) is 0 Å². The number of nitrogens with one attached hydrogen (secondary N) is 1. The lowest BCUT2D eigenvalue weighted by atomic mass is 9.96. The van der Waals surface area contributed by atoms with Crippen LogP contribution in [0.4, 0.5) is 0 Å². The number of carbonyl (C=O) groups is 1. The van der Waals surface area contributed by atoms with Crippen molar-refractivity contribution in [3.8, 4) is 0 Å². The van der Waals surface area contributed by atoms with Crippen molar-refractivity contribution in [3.63, 3.8) is 0 Å². The standard InChI is InChI=1S/C19H29N3O3S.ClH/c1-21(17-8-3-2-4-9-17)26(24,25)18-10-5-7-16(15-18)19(23)22-13-6-11-20-12-14-22;/h5,7,10,15,17,20H,2-4,6,8-9,11-14H2,1H3;1H. The number of rotatable bonds is 4. The third kappa shape index (κ3) is 5.22. The molecule has 1 aromatic carbocycles. The van der Waals surface area contributed by atoms with E-state index < -0.39 is 10.0 Å². The largest absolute Gasteiger partial charge is 0.337 e. The van der Waals surface area contributed by atoms with Crippen LogP contribution in [0.1, 0.15) is 48.9 Å². The molecule has 1 aliphatic heterocycles.